The highest BCUT2D eigenvalue weighted by Gasteiger charge is 2.35. The van der Waals surface area contributed by atoms with Gasteiger partial charge in [-0.3, -0.25) is 23.9 Å². The van der Waals surface area contributed by atoms with Crippen molar-refractivity contribution in [2.45, 2.75) is 84.3 Å². The predicted molar refractivity (Wildman–Crippen MR) is 170 cm³/mol. The molecule has 0 radical (unpaired) electrons. The number of rotatable bonds is 11. The molecule has 2 heterocycles. The Kier molecular flexibility index (Phi) is 11.8. The van der Waals surface area contributed by atoms with E-state index in [0.717, 1.165) is 37.2 Å². The fourth-order valence-electron chi connectivity index (χ4n) is 5.98. The second kappa shape index (κ2) is 15.5. The van der Waals surface area contributed by atoms with E-state index < -0.39 is 35.6 Å². The predicted octanol–water partition coefficient (Wildman–Crippen LogP) is 4.18. The van der Waals surface area contributed by atoms with Gasteiger partial charge in [-0.2, -0.15) is 16.9 Å². The second-order valence-electron chi connectivity index (χ2n) is 11.9. The summed E-state index contributed by atoms with van der Waals surface area (Å²) in [5, 5.41) is 12.6. The van der Waals surface area contributed by atoms with E-state index in [0.29, 0.717) is 36.8 Å². The molecular weight excluding hydrogens is 583 g/mol. The molecule has 44 heavy (non-hydrogen) atoms. The summed E-state index contributed by atoms with van der Waals surface area (Å²) in [6.07, 6.45) is 5.22. The van der Waals surface area contributed by atoms with Crippen molar-refractivity contribution in [2.75, 3.05) is 29.9 Å². The quantitative estimate of drug-likeness (QED) is 0.343. The van der Waals surface area contributed by atoms with E-state index >= 15 is 4.39 Å². The monoisotopic (exact) mass is 628 g/mol. The topological polar surface area (TPSA) is 125 Å². The van der Waals surface area contributed by atoms with Crippen LogP contribution in [0.5, 0.6) is 0 Å². The molecule has 1 aromatic heterocycles. The van der Waals surface area contributed by atoms with Crippen molar-refractivity contribution in [1.82, 2.24) is 25.3 Å². The fourth-order valence-corrected chi connectivity index (χ4v) is 6.89. The van der Waals surface area contributed by atoms with Crippen LogP contribution in [-0.4, -0.2) is 75.0 Å². The molecule has 240 valence electrons. The van der Waals surface area contributed by atoms with Gasteiger partial charge in [0.15, 0.2) is 0 Å². The number of benzene rings is 1. The molecule has 0 bridgehead atoms. The van der Waals surface area contributed by atoms with Crippen LogP contribution in [0.25, 0.3) is 0 Å². The number of carbonyl (C=O) groups is 4. The van der Waals surface area contributed by atoms with Gasteiger partial charge >= 0.3 is 0 Å². The molecule has 10 nitrogen and oxygen atoms in total. The SMILES string of the molecule is CCC(=O)N[C@@H](C(=O)N1CCSCC1)[C@@H](C)c1ccc(NC(=O)[C@@H](NC(=O)c2ccnn2CC)C2CCC(C)CC2)c(F)c1. The van der Waals surface area contributed by atoms with Gasteiger partial charge in [0.2, 0.25) is 17.7 Å². The molecule has 3 atom stereocenters. The second-order valence-corrected chi connectivity index (χ2v) is 13.1. The van der Waals surface area contributed by atoms with Crippen molar-refractivity contribution in [3.05, 3.63) is 47.5 Å². The molecule has 1 aromatic carbocycles. The highest BCUT2D eigenvalue weighted by Crippen LogP contribution is 2.32. The van der Waals surface area contributed by atoms with Crippen LogP contribution in [0.15, 0.2) is 30.5 Å². The van der Waals surface area contributed by atoms with E-state index in [1.165, 1.54) is 12.1 Å². The van der Waals surface area contributed by atoms with Crippen molar-refractivity contribution in [1.29, 1.82) is 0 Å². The van der Waals surface area contributed by atoms with E-state index in [1.54, 1.807) is 53.5 Å². The minimum Gasteiger partial charge on any atom is -0.344 e. The average molecular weight is 629 g/mol. The first kappa shape index (κ1) is 33.5. The van der Waals surface area contributed by atoms with Gasteiger partial charge < -0.3 is 20.9 Å². The molecule has 2 aliphatic rings. The van der Waals surface area contributed by atoms with Crippen molar-refractivity contribution in [2.24, 2.45) is 11.8 Å². The molecule has 0 unspecified atom stereocenters. The molecule has 4 amide bonds. The van der Waals surface area contributed by atoms with Crippen molar-refractivity contribution < 1.29 is 23.6 Å². The summed E-state index contributed by atoms with van der Waals surface area (Å²) in [4.78, 5) is 54.4. The Balaban J connectivity index is 1.52. The van der Waals surface area contributed by atoms with Gasteiger partial charge in [-0.1, -0.05) is 39.7 Å². The number of nitrogens with zero attached hydrogens (tertiary/aromatic N) is 3. The number of nitrogens with one attached hydrogen (secondary N) is 3. The summed E-state index contributed by atoms with van der Waals surface area (Å²) in [5.41, 5.74) is 0.878. The number of hydrogen-bond donors (Lipinski definition) is 3. The third-order valence-corrected chi connectivity index (χ3v) is 9.80. The Bertz CT molecular complexity index is 1320. The lowest BCUT2D eigenvalue weighted by Crippen LogP contribution is -2.52. The van der Waals surface area contributed by atoms with Gasteiger partial charge in [-0.25, -0.2) is 4.39 Å². The largest absolute Gasteiger partial charge is 0.344 e. The number of amides is 4. The summed E-state index contributed by atoms with van der Waals surface area (Å²) >= 11 is 1.78. The minimum absolute atomic E-state index is 0.0125. The van der Waals surface area contributed by atoms with Gasteiger partial charge in [0, 0.05) is 49.7 Å². The molecule has 0 spiro atoms. The van der Waals surface area contributed by atoms with Crippen LogP contribution in [-0.2, 0) is 20.9 Å². The highest BCUT2D eigenvalue weighted by molar-refractivity contribution is 7.99. The van der Waals surface area contributed by atoms with E-state index in [4.69, 9.17) is 0 Å². The Morgan fingerprint density at radius 1 is 1.05 bits per heavy atom. The first-order valence-corrected chi connectivity index (χ1v) is 16.9. The molecule has 2 aromatic rings. The first-order chi connectivity index (χ1) is 21.1. The fraction of sp³-hybridized carbons (Fsp3) is 0.594. The lowest BCUT2D eigenvalue weighted by molar-refractivity contribution is -0.136. The number of halogens is 1. The zero-order chi connectivity index (χ0) is 31.8. The normalized spacial score (nSPS) is 20.7. The van der Waals surface area contributed by atoms with Crippen LogP contribution in [0.4, 0.5) is 10.1 Å². The molecule has 1 aliphatic heterocycles. The highest BCUT2D eigenvalue weighted by atomic mass is 32.2. The van der Waals surface area contributed by atoms with Crippen LogP contribution in [0, 0.1) is 17.7 Å². The maximum atomic E-state index is 15.6. The van der Waals surface area contributed by atoms with E-state index in [9.17, 15) is 19.2 Å². The molecule has 1 aliphatic carbocycles. The Morgan fingerprint density at radius 3 is 2.39 bits per heavy atom. The molecule has 1 saturated heterocycles. The summed E-state index contributed by atoms with van der Waals surface area (Å²) in [6, 6.07) is 4.39. The minimum atomic E-state index is -0.845. The molecule has 3 N–H and O–H groups in total. The zero-order valence-electron chi connectivity index (χ0n) is 26.1. The summed E-state index contributed by atoms with van der Waals surface area (Å²) in [7, 11) is 0. The van der Waals surface area contributed by atoms with Crippen LogP contribution in [0.3, 0.4) is 0 Å². The summed E-state index contributed by atoms with van der Waals surface area (Å²) < 4.78 is 17.1. The zero-order valence-corrected chi connectivity index (χ0v) is 26.9. The molecule has 4 rings (SSSR count). The number of anilines is 1. The Morgan fingerprint density at radius 2 is 1.75 bits per heavy atom. The van der Waals surface area contributed by atoms with Gasteiger partial charge in [-0.05, 0) is 55.4 Å². The Labute approximate surface area is 263 Å². The first-order valence-electron chi connectivity index (χ1n) is 15.7. The number of thioether (sulfide) groups is 1. The van der Waals surface area contributed by atoms with E-state index in [-0.39, 0.29) is 29.8 Å². The molecular formula is C32H45FN6O4S. The number of hydrogen-bond acceptors (Lipinski definition) is 6. The number of aromatic nitrogens is 2. The number of carbonyl (C=O) groups excluding carboxylic acids is 4. The molecule has 1 saturated carbocycles. The summed E-state index contributed by atoms with van der Waals surface area (Å²) in [6.45, 7) is 9.29. The number of aryl methyl sites for hydroxylation is 1. The van der Waals surface area contributed by atoms with Gasteiger partial charge in [0.25, 0.3) is 5.91 Å². The van der Waals surface area contributed by atoms with Crippen LogP contribution in [0.1, 0.15) is 81.8 Å². The molecule has 12 heteroatoms. The van der Waals surface area contributed by atoms with Crippen molar-refractivity contribution in [3.8, 4) is 0 Å². The standard InChI is InChI=1S/C32H45FN6O4S/c1-5-27(40)36-28(32(43)38-15-17-44-18-16-38)21(4)23-11-12-25(24(33)19-23)35-31(42)29(22-9-7-20(3)8-10-22)37-30(41)26-13-14-34-39(26)6-2/h11-14,19-22,28-29H,5-10,15-18H2,1-4H3,(H,35,42)(H,36,40)(H,37,41)/t20?,21-,22?,28+,29-/m0/s1. The van der Waals surface area contributed by atoms with Crippen LogP contribution < -0.4 is 16.0 Å². The van der Waals surface area contributed by atoms with Crippen molar-refractivity contribution in [3.63, 3.8) is 0 Å². The maximum Gasteiger partial charge on any atom is 0.270 e. The molecule has 2 fully saturated rings. The van der Waals surface area contributed by atoms with Gasteiger partial charge in [0.05, 0.1) is 5.69 Å². The van der Waals surface area contributed by atoms with Crippen molar-refractivity contribution >= 4 is 41.1 Å². The van der Waals surface area contributed by atoms with E-state index in [2.05, 4.69) is 28.0 Å². The smallest absolute Gasteiger partial charge is 0.270 e. The lowest BCUT2D eigenvalue weighted by atomic mass is 9.79. The maximum absolute atomic E-state index is 15.6. The average Bonchev–Trinajstić information content (AvgIpc) is 3.53. The summed E-state index contributed by atoms with van der Waals surface area (Å²) in [5.74, 6) is -0.342. The van der Waals surface area contributed by atoms with Crippen LogP contribution >= 0.6 is 11.8 Å². The lowest BCUT2D eigenvalue weighted by Gasteiger charge is -2.33. The Hall–Kier alpha value is -3.41. The third-order valence-electron chi connectivity index (χ3n) is 8.85. The van der Waals surface area contributed by atoms with Crippen LogP contribution in [0.2, 0.25) is 0 Å². The van der Waals surface area contributed by atoms with E-state index in [1.807, 2.05) is 6.92 Å². The third kappa shape index (κ3) is 8.19. The van der Waals surface area contributed by atoms with Gasteiger partial charge in [-0.15, -0.1) is 0 Å². The van der Waals surface area contributed by atoms with Gasteiger partial charge in [0.1, 0.15) is 23.6 Å².